The van der Waals surface area contributed by atoms with Crippen molar-refractivity contribution in [1.82, 2.24) is 0 Å². The van der Waals surface area contributed by atoms with E-state index in [1.807, 2.05) is 0 Å². The molecule has 0 fully saturated rings. The predicted octanol–water partition coefficient (Wildman–Crippen LogP) is 4.76. The van der Waals surface area contributed by atoms with Crippen LogP contribution in [0.1, 0.15) is 18.9 Å². The predicted molar refractivity (Wildman–Crippen MR) is 68.1 cm³/mol. The van der Waals surface area contributed by atoms with Crippen molar-refractivity contribution in [2.75, 3.05) is 7.11 Å². The molecule has 0 bridgehead atoms. The molecule has 0 amide bonds. The van der Waals surface area contributed by atoms with E-state index in [9.17, 15) is 44.6 Å². The van der Waals surface area contributed by atoms with E-state index in [0.717, 1.165) is 19.2 Å². The summed E-state index contributed by atoms with van der Waals surface area (Å²) in [4.78, 5) is 0. The van der Waals surface area contributed by atoms with Crippen LogP contribution >= 0.6 is 0 Å². The topological polar surface area (TPSA) is 29.5 Å². The van der Waals surface area contributed by atoms with Gasteiger partial charge >= 0.3 is 23.9 Å². The molecule has 0 saturated heterocycles. The van der Waals surface area contributed by atoms with Gasteiger partial charge in [-0.1, -0.05) is 18.2 Å². The van der Waals surface area contributed by atoms with Crippen LogP contribution < -0.4 is 4.74 Å². The van der Waals surface area contributed by atoms with Crippen molar-refractivity contribution in [3.8, 4) is 5.75 Å². The van der Waals surface area contributed by atoms with Crippen LogP contribution in [0.2, 0.25) is 0 Å². The molecule has 0 spiro atoms. The van der Waals surface area contributed by atoms with E-state index in [1.165, 1.54) is 12.1 Å². The van der Waals surface area contributed by atoms with E-state index >= 15 is 0 Å². The zero-order valence-corrected chi connectivity index (χ0v) is 12.8. The summed E-state index contributed by atoms with van der Waals surface area (Å²) >= 11 is 0. The molecular weight excluding hydrogens is 371 g/mol. The highest BCUT2D eigenvalue weighted by molar-refractivity contribution is 5.37. The van der Waals surface area contributed by atoms with Crippen molar-refractivity contribution in [3.05, 3.63) is 29.8 Å². The first-order valence-corrected chi connectivity index (χ1v) is 6.57. The lowest BCUT2D eigenvalue weighted by Crippen LogP contribution is -2.62. The average molecular weight is 384 g/mol. The zero-order chi connectivity index (χ0) is 19.9. The van der Waals surface area contributed by atoms with Gasteiger partial charge in [-0.25, -0.2) is 0 Å². The Morgan fingerprint density at radius 1 is 0.880 bits per heavy atom. The largest absolute Gasteiger partial charge is 0.496 e. The van der Waals surface area contributed by atoms with Gasteiger partial charge in [0.05, 0.1) is 19.1 Å². The van der Waals surface area contributed by atoms with E-state index in [4.69, 9.17) is 4.74 Å². The van der Waals surface area contributed by atoms with Gasteiger partial charge in [-0.05, 0) is 13.0 Å². The van der Waals surface area contributed by atoms with Crippen LogP contribution in [0, 0.1) is 0 Å². The normalized spacial score (nSPS) is 16.5. The fourth-order valence-electron chi connectivity index (χ4n) is 2.14. The van der Waals surface area contributed by atoms with Crippen LogP contribution in [-0.4, -0.2) is 36.2 Å². The van der Waals surface area contributed by atoms with Crippen molar-refractivity contribution in [3.63, 3.8) is 0 Å². The number of benzene rings is 1. The third-order valence-electron chi connectivity index (χ3n) is 3.46. The molecule has 144 valence electrons. The highest BCUT2D eigenvalue weighted by Gasteiger charge is 2.82. The molecule has 1 aromatic rings. The number of methoxy groups -OCH3 is 1. The zero-order valence-electron chi connectivity index (χ0n) is 12.8. The van der Waals surface area contributed by atoms with Gasteiger partial charge < -0.3 is 9.84 Å². The third kappa shape index (κ3) is 3.65. The summed E-state index contributed by atoms with van der Waals surface area (Å²) in [7, 11) is 1.06. The van der Waals surface area contributed by atoms with Gasteiger partial charge in [-0.3, -0.25) is 0 Å². The molecule has 1 N–H and O–H groups in total. The van der Waals surface area contributed by atoms with Gasteiger partial charge in [-0.2, -0.15) is 39.5 Å². The number of halogens is 9. The molecule has 1 rings (SSSR count). The van der Waals surface area contributed by atoms with E-state index in [-0.39, 0.29) is 5.75 Å². The summed E-state index contributed by atoms with van der Waals surface area (Å²) in [6.07, 6.45) is -9.31. The lowest BCUT2D eigenvalue weighted by molar-refractivity contribution is -0.400. The van der Waals surface area contributed by atoms with E-state index in [1.54, 1.807) is 0 Å². The van der Waals surface area contributed by atoms with Gasteiger partial charge in [-0.15, -0.1) is 0 Å². The van der Waals surface area contributed by atoms with Crippen molar-refractivity contribution in [2.24, 2.45) is 0 Å². The van der Waals surface area contributed by atoms with Gasteiger partial charge in [0.25, 0.3) is 0 Å². The Morgan fingerprint density at radius 3 is 1.80 bits per heavy atom. The highest BCUT2D eigenvalue weighted by atomic mass is 19.4. The Bertz CT molecular complexity index is 609. The van der Waals surface area contributed by atoms with Crippen LogP contribution in [0.25, 0.3) is 0 Å². The summed E-state index contributed by atoms with van der Waals surface area (Å²) in [5, 5.41) is 10.0. The number of para-hydroxylation sites is 1. The van der Waals surface area contributed by atoms with Crippen LogP contribution in [-0.2, 0) is 5.60 Å². The Kier molecular flexibility index (Phi) is 5.35. The van der Waals surface area contributed by atoms with Crippen LogP contribution in [0.3, 0.4) is 0 Å². The minimum atomic E-state index is -7.00. The Labute approximate surface area is 136 Å². The van der Waals surface area contributed by atoms with Gasteiger partial charge in [0.1, 0.15) is 5.75 Å². The minimum Gasteiger partial charge on any atom is -0.496 e. The molecule has 1 aromatic carbocycles. The summed E-state index contributed by atoms with van der Waals surface area (Å²) in [6.45, 7) is 0.570. The Hall–Kier alpha value is -1.65. The van der Waals surface area contributed by atoms with Gasteiger partial charge in [0.2, 0.25) is 0 Å². The molecule has 0 saturated carbocycles. The number of aliphatic hydroxyl groups is 1. The number of alkyl halides is 9. The maximum Gasteiger partial charge on any atom is 0.460 e. The lowest BCUT2D eigenvalue weighted by atomic mass is 9.85. The Balaban J connectivity index is 3.30. The first kappa shape index (κ1) is 21.4. The quantitative estimate of drug-likeness (QED) is 0.717. The third-order valence-corrected chi connectivity index (χ3v) is 3.46. The van der Waals surface area contributed by atoms with Crippen molar-refractivity contribution < 1.29 is 49.4 Å². The first-order chi connectivity index (χ1) is 11.0. The molecule has 1 unspecified atom stereocenters. The summed E-state index contributed by atoms with van der Waals surface area (Å²) < 4.78 is 121. The van der Waals surface area contributed by atoms with E-state index in [2.05, 4.69) is 0 Å². The molecule has 0 heterocycles. The second-order valence-corrected chi connectivity index (χ2v) is 5.50. The van der Waals surface area contributed by atoms with Crippen LogP contribution in [0.15, 0.2) is 24.3 Å². The SMILES string of the molecule is COc1ccccc1C(C)(O)CC(F)(F)C(F)(F)C(F)(F)C(F)(F)F. The molecular formula is C14H13F9O2. The number of hydrogen-bond acceptors (Lipinski definition) is 2. The maximum atomic E-state index is 13.7. The number of rotatable bonds is 6. The number of ether oxygens (including phenoxy) is 1. The molecule has 0 aliphatic carbocycles. The molecule has 0 aliphatic rings. The first-order valence-electron chi connectivity index (χ1n) is 6.57. The van der Waals surface area contributed by atoms with Crippen molar-refractivity contribution >= 4 is 0 Å². The fraction of sp³-hybridized carbons (Fsp3) is 0.571. The lowest BCUT2D eigenvalue weighted by Gasteiger charge is -2.37. The molecule has 11 heteroatoms. The standard InChI is InChI=1S/C14H13F9O2/c1-10(24,8-5-3-4-6-9(8)25-2)7-11(15,16)12(17,18)13(19,20)14(21,22)23/h3-6,24H,7H2,1-2H3. The molecule has 0 aliphatic heterocycles. The molecule has 2 nitrogen and oxygen atoms in total. The average Bonchev–Trinajstić information content (AvgIpc) is 2.44. The molecule has 0 aromatic heterocycles. The second kappa shape index (κ2) is 6.26. The Morgan fingerprint density at radius 2 is 1.36 bits per heavy atom. The van der Waals surface area contributed by atoms with Crippen LogP contribution in [0.4, 0.5) is 39.5 Å². The smallest absolute Gasteiger partial charge is 0.460 e. The van der Waals surface area contributed by atoms with E-state index in [0.29, 0.717) is 6.92 Å². The minimum absolute atomic E-state index is 0.241. The number of hydrogen-bond donors (Lipinski definition) is 1. The van der Waals surface area contributed by atoms with Gasteiger partial charge in [0, 0.05) is 5.56 Å². The highest BCUT2D eigenvalue weighted by Crippen LogP contribution is 2.55. The fourth-order valence-corrected chi connectivity index (χ4v) is 2.14. The van der Waals surface area contributed by atoms with Gasteiger partial charge in [0.15, 0.2) is 0 Å². The maximum absolute atomic E-state index is 13.7. The molecule has 1 atom stereocenters. The summed E-state index contributed by atoms with van der Waals surface area (Å²) in [5.74, 6) is -19.9. The monoisotopic (exact) mass is 384 g/mol. The molecule has 0 radical (unpaired) electrons. The van der Waals surface area contributed by atoms with Crippen LogP contribution in [0.5, 0.6) is 5.75 Å². The second-order valence-electron chi connectivity index (χ2n) is 5.50. The molecule has 25 heavy (non-hydrogen) atoms. The van der Waals surface area contributed by atoms with Crippen molar-refractivity contribution in [1.29, 1.82) is 0 Å². The van der Waals surface area contributed by atoms with E-state index < -0.39 is 41.5 Å². The summed E-state index contributed by atoms with van der Waals surface area (Å²) in [6, 6.07) is 4.68. The summed E-state index contributed by atoms with van der Waals surface area (Å²) in [5.41, 5.74) is -3.37. The van der Waals surface area contributed by atoms with Crippen molar-refractivity contribution in [2.45, 2.75) is 42.9 Å².